The van der Waals surface area contributed by atoms with Gasteiger partial charge in [0.25, 0.3) is 0 Å². The Balaban J connectivity index is 2.02. The molecule has 1 aliphatic heterocycles. The summed E-state index contributed by atoms with van der Waals surface area (Å²) in [6.45, 7) is 7.21. The third kappa shape index (κ3) is 5.72. The summed E-state index contributed by atoms with van der Waals surface area (Å²) in [5.41, 5.74) is 2.90. The van der Waals surface area contributed by atoms with Crippen LogP contribution in [0.15, 0.2) is 18.2 Å². The van der Waals surface area contributed by atoms with Crippen LogP contribution in [-0.4, -0.2) is 37.0 Å². The number of carbonyl (C=O) groups is 3. The molecule has 0 spiro atoms. The Morgan fingerprint density at radius 3 is 2.62 bits per heavy atom. The van der Waals surface area contributed by atoms with Gasteiger partial charge in [-0.2, -0.15) is 0 Å². The maximum atomic E-state index is 12.7. The molecule has 2 atom stereocenters. The molecule has 0 aromatic heterocycles. The standard InChI is InChI=1S/C20H28BNO4/c1-12(2)8-20(25)26-13(3)9-18(24)16-7-5-6-15-10-19(22-14(4)23)21-11-17(15)16/h5-7,12-13,19,21H,8-11H2,1-4H3,(H,22,23). The number of carbonyl (C=O) groups excluding carboxylic acids is 3. The van der Waals surface area contributed by atoms with Gasteiger partial charge in [-0.3, -0.25) is 14.4 Å². The molecule has 0 fully saturated rings. The summed E-state index contributed by atoms with van der Waals surface area (Å²) in [5.74, 6) is 0.0882. The first-order valence-electron chi connectivity index (χ1n) is 9.36. The van der Waals surface area contributed by atoms with Crippen LogP contribution in [0.3, 0.4) is 0 Å². The summed E-state index contributed by atoms with van der Waals surface area (Å²) >= 11 is 0. The zero-order valence-corrected chi connectivity index (χ0v) is 16.1. The molecular formula is C20H28BNO4. The van der Waals surface area contributed by atoms with Crippen molar-refractivity contribution in [3.05, 3.63) is 34.9 Å². The highest BCUT2D eigenvalue weighted by molar-refractivity contribution is 6.38. The summed E-state index contributed by atoms with van der Waals surface area (Å²) in [7, 11) is 0.829. The van der Waals surface area contributed by atoms with E-state index in [0.29, 0.717) is 6.42 Å². The molecule has 26 heavy (non-hydrogen) atoms. The molecule has 2 unspecified atom stereocenters. The molecule has 6 heteroatoms. The van der Waals surface area contributed by atoms with Gasteiger partial charge in [-0.05, 0) is 36.7 Å². The highest BCUT2D eigenvalue weighted by Crippen LogP contribution is 2.23. The van der Waals surface area contributed by atoms with Crippen LogP contribution in [0.25, 0.3) is 0 Å². The van der Waals surface area contributed by atoms with E-state index in [9.17, 15) is 14.4 Å². The van der Waals surface area contributed by atoms with Crippen LogP contribution >= 0.6 is 0 Å². The predicted octanol–water partition coefficient (Wildman–Crippen LogP) is 2.19. The van der Waals surface area contributed by atoms with E-state index in [0.717, 1.165) is 36.7 Å². The van der Waals surface area contributed by atoms with Gasteiger partial charge in [-0.25, -0.2) is 0 Å². The number of ketones is 1. The van der Waals surface area contributed by atoms with Crippen molar-refractivity contribution in [1.82, 2.24) is 5.32 Å². The molecule has 1 amide bonds. The molecule has 0 saturated heterocycles. The Hall–Kier alpha value is -2.11. The smallest absolute Gasteiger partial charge is 0.306 e. The minimum absolute atomic E-state index is 0.00433. The predicted molar refractivity (Wildman–Crippen MR) is 103 cm³/mol. The fourth-order valence-electron chi connectivity index (χ4n) is 3.50. The number of nitrogens with one attached hydrogen (secondary N) is 1. The molecule has 2 rings (SSSR count). The Morgan fingerprint density at radius 2 is 1.96 bits per heavy atom. The third-order valence-corrected chi connectivity index (χ3v) is 4.57. The number of benzene rings is 1. The van der Waals surface area contributed by atoms with Crippen molar-refractivity contribution < 1.29 is 19.1 Å². The molecule has 140 valence electrons. The van der Waals surface area contributed by atoms with Gasteiger partial charge in [0, 0.05) is 31.3 Å². The Morgan fingerprint density at radius 1 is 1.23 bits per heavy atom. The van der Waals surface area contributed by atoms with Crippen LogP contribution in [0.2, 0.25) is 0 Å². The first-order valence-corrected chi connectivity index (χ1v) is 9.36. The van der Waals surface area contributed by atoms with E-state index in [4.69, 9.17) is 4.74 Å². The number of rotatable bonds is 7. The Bertz CT molecular complexity index is 686. The number of Topliss-reactive ketones (excluding diaryl/α,β-unsaturated/α-hetero) is 1. The normalized spacial score (nSPS) is 17.0. The third-order valence-electron chi connectivity index (χ3n) is 4.57. The van der Waals surface area contributed by atoms with E-state index in [1.807, 2.05) is 32.0 Å². The maximum absolute atomic E-state index is 12.7. The molecule has 0 saturated carbocycles. The molecule has 0 radical (unpaired) electrons. The Kier molecular flexibility index (Phi) is 7.01. The minimum atomic E-state index is -0.430. The van der Waals surface area contributed by atoms with Gasteiger partial charge >= 0.3 is 5.97 Å². The molecule has 1 N–H and O–H groups in total. The van der Waals surface area contributed by atoms with Crippen molar-refractivity contribution in [2.45, 2.75) is 65.3 Å². The molecule has 0 bridgehead atoms. The average molecular weight is 357 g/mol. The van der Waals surface area contributed by atoms with Gasteiger partial charge in [-0.15, -0.1) is 0 Å². The van der Waals surface area contributed by atoms with Crippen molar-refractivity contribution >= 4 is 24.9 Å². The summed E-state index contributed by atoms with van der Waals surface area (Å²) in [5, 5.41) is 2.96. The lowest BCUT2D eigenvalue weighted by Gasteiger charge is -2.26. The zero-order chi connectivity index (χ0) is 19.3. The van der Waals surface area contributed by atoms with Crippen molar-refractivity contribution in [3.63, 3.8) is 0 Å². The summed E-state index contributed by atoms with van der Waals surface area (Å²) in [6, 6.07) is 5.76. The quantitative estimate of drug-likeness (QED) is 0.461. The van der Waals surface area contributed by atoms with E-state index >= 15 is 0 Å². The van der Waals surface area contributed by atoms with Crippen molar-refractivity contribution in [1.29, 1.82) is 0 Å². The lowest BCUT2D eigenvalue weighted by molar-refractivity contribution is -0.148. The first-order chi connectivity index (χ1) is 12.3. The van der Waals surface area contributed by atoms with E-state index in [2.05, 4.69) is 5.32 Å². The highest BCUT2D eigenvalue weighted by Gasteiger charge is 2.25. The molecule has 1 aliphatic rings. The average Bonchev–Trinajstić information content (AvgIpc) is 2.52. The monoisotopic (exact) mass is 357 g/mol. The minimum Gasteiger partial charge on any atom is -0.462 e. The summed E-state index contributed by atoms with van der Waals surface area (Å²) in [6.07, 6.45) is 1.64. The van der Waals surface area contributed by atoms with E-state index in [1.165, 1.54) is 6.92 Å². The lowest BCUT2D eigenvalue weighted by Crippen LogP contribution is -2.43. The van der Waals surface area contributed by atoms with Crippen LogP contribution in [-0.2, 0) is 27.1 Å². The van der Waals surface area contributed by atoms with E-state index < -0.39 is 6.10 Å². The molecule has 1 aromatic rings. The number of hydrogen-bond acceptors (Lipinski definition) is 4. The van der Waals surface area contributed by atoms with E-state index in [1.54, 1.807) is 6.92 Å². The van der Waals surface area contributed by atoms with Crippen molar-refractivity contribution in [2.75, 3.05) is 0 Å². The van der Waals surface area contributed by atoms with Crippen LogP contribution < -0.4 is 5.32 Å². The highest BCUT2D eigenvalue weighted by atomic mass is 16.5. The fraction of sp³-hybridized carbons (Fsp3) is 0.550. The number of esters is 1. The fourth-order valence-corrected chi connectivity index (χ4v) is 3.50. The summed E-state index contributed by atoms with van der Waals surface area (Å²) < 4.78 is 5.35. The van der Waals surface area contributed by atoms with Gasteiger partial charge < -0.3 is 10.1 Å². The second kappa shape index (κ2) is 9.01. The van der Waals surface area contributed by atoms with Gasteiger partial charge in [0.15, 0.2) is 13.1 Å². The van der Waals surface area contributed by atoms with Gasteiger partial charge in [0.1, 0.15) is 6.10 Å². The first kappa shape index (κ1) is 20.2. The van der Waals surface area contributed by atoms with Gasteiger partial charge in [0.2, 0.25) is 5.91 Å². The topological polar surface area (TPSA) is 72.5 Å². The van der Waals surface area contributed by atoms with Gasteiger partial charge in [-0.1, -0.05) is 32.0 Å². The molecule has 5 nitrogen and oxygen atoms in total. The van der Waals surface area contributed by atoms with E-state index in [-0.39, 0.29) is 35.9 Å². The molecule has 0 aliphatic carbocycles. The Labute approximate surface area is 156 Å². The lowest BCUT2D eigenvalue weighted by atomic mass is 9.57. The van der Waals surface area contributed by atoms with Crippen LogP contribution in [0, 0.1) is 5.92 Å². The number of ether oxygens (including phenoxy) is 1. The van der Waals surface area contributed by atoms with Crippen molar-refractivity contribution in [3.8, 4) is 0 Å². The second-order valence-electron chi connectivity index (χ2n) is 7.61. The molecule has 1 aromatic carbocycles. The largest absolute Gasteiger partial charge is 0.462 e. The van der Waals surface area contributed by atoms with Crippen LogP contribution in [0.1, 0.15) is 62.0 Å². The number of hydrogen-bond donors (Lipinski definition) is 1. The van der Waals surface area contributed by atoms with Gasteiger partial charge in [0.05, 0.1) is 0 Å². The maximum Gasteiger partial charge on any atom is 0.306 e. The zero-order valence-electron chi connectivity index (χ0n) is 16.1. The summed E-state index contributed by atoms with van der Waals surface area (Å²) in [4.78, 5) is 35.8. The molecular weight excluding hydrogens is 329 g/mol. The number of amides is 1. The van der Waals surface area contributed by atoms with Crippen molar-refractivity contribution in [2.24, 2.45) is 5.92 Å². The SMILES string of the molecule is CC(=O)NC1BCc2c(cccc2C(=O)CC(C)OC(=O)CC(C)C)C1. The van der Waals surface area contributed by atoms with Crippen LogP contribution in [0.5, 0.6) is 0 Å². The number of fused-ring (bicyclic) bond motifs is 1. The van der Waals surface area contributed by atoms with Crippen LogP contribution in [0.4, 0.5) is 0 Å². The second-order valence-corrected chi connectivity index (χ2v) is 7.61. The molecule has 1 heterocycles.